The van der Waals surface area contributed by atoms with Crippen LogP contribution < -0.4 is 5.73 Å². The molecule has 1 rings (SSSR count). The summed E-state index contributed by atoms with van der Waals surface area (Å²) in [6.07, 6.45) is 0.249. The Kier molecular flexibility index (Phi) is 7.77. The van der Waals surface area contributed by atoms with Crippen LogP contribution in [0.1, 0.15) is 58.6 Å². The van der Waals surface area contributed by atoms with E-state index < -0.39 is 36.7 Å². The van der Waals surface area contributed by atoms with Gasteiger partial charge >= 0.3 is 13.6 Å². The molecule has 8 heteroatoms. The number of halogens is 1. The van der Waals surface area contributed by atoms with Crippen LogP contribution in [0.2, 0.25) is 0 Å². The second kappa shape index (κ2) is 8.82. The first-order valence-electron chi connectivity index (χ1n) is 8.74. The largest absolute Gasteiger partial charge is 0.468 e. The summed E-state index contributed by atoms with van der Waals surface area (Å²) in [6, 6.07) is 5.44. The first-order valence-corrected chi connectivity index (χ1v) is 10.4. The topological polar surface area (TPSA) is 87.9 Å². The number of ether oxygens (including phenoxy) is 1. The van der Waals surface area contributed by atoms with Crippen LogP contribution in [-0.4, -0.2) is 30.3 Å². The number of carbonyl (C=O) groups excluding carboxylic acids is 1. The zero-order valence-corrected chi connectivity index (χ0v) is 18.0. The first-order chi connectivity index (χ1) is 12.2. The molecule has 0 bridgehead atoms. The fourth-order valence-electron chi connectivity index (χ4n) is 2.36. The Balaban J connectivity index is 3.06. The Bertz CT molecular complexity index is 659. The minimum absolute atomic E-state index is 0.169. The van der Waals surface area contributed by atoms with Crippen molar-refractivity contribution in [2.45, 2.75) is 71.1 Å². The molecule has 6 nitrogen and oxygen atoms in total. The van der Waals surface area contributed by atoms with Crippen LogP contribution in [0.5, 0.6) is 0 Å². The van der Waals surface area contributed by atoms with E-state index in [-0.39, 0.29) is 12.0 Å². The summed E-state index contributed by atoms with van der Waals surface area (Å²) in [4.78, 5) is 11.4. The van der Waals surface area contributed by atoms with Crippen LogP contribution in [0.25, 0.3) is 0 Å². The third kappa shape index (κ3) is 7.70. The SMILES string of the molecule is COC(=O)C(N)Cc1ccc(C(F)P(=O)(OC(C)(C)C)OC(C)(C)C)cc1. The summed E-state index contributed by atoms with van der Waals surface area (Å²) in [7, 11) is -2.84. The summed E-state index contributed by atoms with van der Waals surface area (Å²) in [5.74, 6) is -2.47. The highest BCUT2D eigenvalue weighted by atomic mass is 31.2. The van der Waals surface area contributed by atoms with Gasteiger partial charge in [-0.25, -0.2) is 4.39 Å². The molecule has 0 aromatic heterocycles. The molecule has 0 aliphatic carbocycles. The molecule has 1 aromatic rings. The predicted octanol–water partition coefficient (Wildman–Crippen LogP) is 4.52. The smallest absolute Gasteiger partial charge is 0.370 e. The number of rotatable bonds is 7. The van der Waals surface area contributed by atoms with Gasteiger partial charge in [-0.15, -0.1) is 0 Å². The van der Waals surface area contributed by atoms with Crippen molar-refractivity contribution in [1.29, 1.82) is 0 Å². The number of benzene rings is 1. The van der Waals surface area contributed by atoms with Crippen LogP contribution in [0.3, 0.4) is 0 Å². The molecule has 1 aromatic carbocycles. The van der Waals surface area contributed by atoms with E-state index in [0.29, 0.717) is 0 Å². The van der Waals surface area contributed by atoms with E-state index in [1.54, 1.807) is 53.7 Å². The Morgan fingerprint density at radius 3 is 1.89 bits per heavy atom. The lowest BCUT2D eigenvalue weighted by molar-refractivity contribution is -0.142. The number of carbonyl (C=O) groups is 1. The van der Waals surface area contributed by atoms with E-state index in [1.807, 2.05) is 0 Å². The van der Waals surface area contributed by atoms with Gasteiger partial charge in [-0.2, -0.15) is 0 Å². The second-order valence-electron chi connectivity index (χ2n) is 8.36. The van der Waals surface area contributed by atoms with Crippen LogP contribution in [0.15, 0.2) is 24.3 Å². The van der Waals surface area contributed by atoms with Crippen LogP contribution >= 0.6 is 7.60 Å². The molecule has 0 radical (unpaired) electrons. The van der Waals surface area contributed by atoms with E-state index in [4.69, 9.17) is 14.8 Å². The Labute approximate surface area is 161 Å². The lowest BCUT2D eigenvalue weighted by atomic mass is 10.1. The summed E-state index contributed by atoms with van der Waals surface area (Å²) in [5, 5.41) is 0. The van der Waals surface area contributed by atoms with Crippen molar-refractivity contribution >= 4 is 13.6 Å². The highest BCUT2D eigenvalue weighted by Crippen LogP contribution is 2.65. The van der Waals surface area contributed by atoms with Crippen LogP contribution in [0.4, 0.5) is 4.39 Å². The molecular weight excluding hydrogens is 372 g/mol. The van der Waals surface area contributed by atoms with Gasteiger partial charge < -0.3 is 19.5 Å². The summed E-state index contributed by atoms with van der Waals surface area (Å²) >= 11 is 0. The van der Waals surface area contributed by atoms with Gasteiger partial charge in [0.15, 0.2) is 0 Å². The van der Waals surface area contributed by atoms with E-state index >= 15 is 4.39 Å². The molecule has 0 saturated carbocycles. The van der Waals surface area contributed by atoms with Crippen molar-refractivity contribution in [2.75, 3.05) is 7.11 Å². The predicted molar refractivity (Wildman–Crippen MR) is 103 cm³/mol. The molecule has 154 valence electrons. The van der Waals surface area contributed by atoms with Gasteiger partial charge in [-0.1, -0.05) is 24.3 Å². The Morgan fingerprint density at radius 2 is 1.52 bits per heavy atom. The van der Waals surface area contributed by atoms with Crippen molar-refractivity contribution in [1.82, 2.24) is 0 Å². The number of nitrogens with two attached hydrogens (primary N) is 1. The van der Waals surface area contributed by atoms with Gasteiger partial charge in [0.2, 0.25) is 5.91 Å². The van der Waals surface area contributed by atoms with Gasteiger partial charge in [-0.05, 0) is 59.1 Å². The maximum absolute atomic E-state index is 15.2. The zero-order valence-electron chi connectivity index (χ0n) is 17.1. The molecule has 0 heterocycles. The normalized spacial score (nSPS) is 15.3. The van der Waals surface area contributed by atoms with Crippen molar-refractivity contribution in [3.63, 3.8) is 0 Å². The Hall–Kier alpha value is -1.27. The average Bonchev–Trinajstić information content (AvgIpc) is 2.50. The molecule has 0 saturated heterocycles. The van der Waals surface area contributed by atoms with Gasteiger partial charge in [0, 0.05) is 0 Å². The summed E-state index contributed by atoms with van der Waals surface area (Å²) in [5.41, 5.74) is 4.93. The molecule has 2 N–H and O–H groups in total. The average molecular weight is 403 g/mol. The highest BCUT2D eigenvalue weighted by molar-refractivity contribution is 7.54. The lowest BCUT2D eigenvalue weighted by Gasteiger charge is -2.33. The minimum Gasteiger partial charge on any atom is -0.468 e. The number of hydrogen-bond donors (Lipinski definition) is 1. The van der Waals surface area contributed by atoms with E-state index in [9.17, 15) is 9.36 Å². The molecule has 0 aliphatic rings. The quantitative estimate of drug-likeness (QED) is 0.532. The van der Waals surface area contributed by atoms with Gasteiger partial charge in [0.25, 0.3) is 0 Å². The van der Waals surface area contributed by atoms with E-state index in [2.05, 4.69) is 4.74 Å². The molecule has 0 spiro atoms. The van der Waals surface area contributed by atoms with Crippen LogP contribution in [0, 0.1) is 0 Å². The maximum atomic E-state index is 15.2. The van der Waals surface area contributed by atoms with Crippen molar-refractivity contribution in [3.8, 4) is 0 Å². The summed E-state index contributed by atoms with van der Waals surface area (Å²) in [6.45, 7) is 10.1. The van der Waals surface area contributed by atoms with Gasteiger partial charge in [0.05, 0.1) is 18.3 Å². The number of alkyl halides is 1. The monoisotopic (exact) mass is 403 g/mol. The molecule has 27 heavy (non-hydrogen) atoms. The molecule has 2 unspecified atom stereocenters. The molecule has 2 atom stereocenters. The van der Waals surface area contributed by atoms with E-state index in [0.717, 1.165) is 5.56 Å². The number of esters is 1. The standard InChI is InChI=1S/C19H31FNO5P/c1-18(2,3)25-27(23,26-19(4,5)6)16(20)14-10-8-13(9-11-14)12-15(21)17(22)24-7/h8-11,15-16H,12,21H2,1-7H3. The van der Waals surface area contributed by atoms with Crippen molar-refractivity contribution < 1.29 is 27.5 Å². The van der Waals surface area contributed by atoms with Crippen molar-refractivity contribution in [2.24, 2.45) is 5.73 Å². The highest BCUT2D eigenvalue weighted by Gasteiger charge is 2.44. The summed E-state index contributed by atoms with van der Waals surface area (Å²) < 4.78 is 44.1. The molecule has 0 fully saturated rings. The molecule has 0 amide bonds. The fraction of sp³-hybridized carbons (Fsp3) is 0.632. The third-order valence-electron chi connectivity index (χ3n) is 3.29. The second-order valence-corrected chi connectivity index (χ2v) is 10.3. The minimum atomic E-state index is -4.10. The van der Waals surface area contributed by atoms with E-state index in [1.165, 1.54) is 19.2 Å². The maximum Gasteiger partial charge on any atom is 0.370 e. The third-order valence-corrected chi connectivity index (χ3v) is 5.75. The number of methoxy groups -OCH3 is 1. The van der Waals surface area contributed by atoms with Gasteiger partial charge in [-0.3, -0.25) is 9.36 Å². The first kappa shape index (κ1) is 23.8. The lowest BCUT2D eigenvalue weighted by Crippen LogP contribution is -2.33. The van der Waals surface area contributed by atoms with Crippen molar-refractivity contribution in [3.05, 3.63) is 35.4 Å². The fourth-order valence-corrected chi connectivity index (χ4v) is 4.64. The number of hydrogen-bond acceptors (Lipinski definition) is 6. The Morgan fingerprint density at radius 1 is 1.07 bits per heavy atom. The molecular formula is C19H31FNO5P. The zero-order chi connectivity index (χ0) is 21.0. The van der Waals surface area contributed by atoms with Gasteiger partial charge in [0.1, 0.15) is 6.04 Å². The molecule has 0 aliphatic heterocycles. The van der Waals surface area contributed by atoms with Crippen LogP contribution in [-0.2, 0) is 29.6 Å².